The summed E-state index contributed by atoms with van der Waals surface area (Å²) in [6.07, 6.45) is 0. The fourth-order valence-corrected chi connectivity index (χ4v) is 1.99. The van der Waals surface area contributed by atoms with Crippen LogP contribution in [0.5, 0.6) is 0 Å². The van der Waals surface area contributed by atoms with Gasteiger partial charge in [-0.05, 0) is 24.5 Å². The van der Waals surface area contributed by atoms with Gasteiger partial charge in [0.05, 0.1) is 0 Å². The zero-order valence-electron chi connectivity index (χ0n) is 11.0. The number of pyridine rings is 1. The highest BCUT2D eigenvalue weighted by atomic mass is 19.2. The molecule has 0 unspecified atom stereocenters. The van der Waals surface area contributed by atoms with Crippen molar-refractivity contribution in [2.75, 3.05) is 11.9 Å². The van der Waals surface area contributed by atoms with Crippen molar-refractivity contribution >= 4 is 16.7 Å². The van der Waals surface area contributed by atoms with Crippen LogP contribution in [0, 0.1) is 17.5 Å². The summed E-state index contributed by atoms with van der Waals surface area (Å²) in [4.78, 5) is 4.04. The summed E-state index contributed by atoms with van der Waals surface area (Å²) in [5.74, 6) is -2.58. The van der Waals surface area contributed by atoms with Gasteiger partial charge in [-0.25, -0.2) is 18.2 Å². The summed E-state index contributed by atoms with van der Waals surface area (Å²) < 4.78 is 40.6. The number of nitrogens with zero attached hydrogens (tertiary/aromatic N) is 1. The number of hydrogen-bond donors (Lipinski definition) is 1. The molecule has 2 rings (SSSR count). The number of fused-ring (bicyclic) bond motifs is 1. The van der Waals surface area contributed by atoms with Crippen LogP contribution in [0.3, 0.4) is 0 Å². The molecular weight excluding hydrogens is 253 g/mol. The van der Waals surface area contributed by atoms with E-state index < -0.39 is 17.5 Å². The third-order valence-electron chi connectivity index (χ3n) is 2.95. The number of hydrogen-bond acceptors (Lipinski definition) is 2. The van der Waals surface area contributed by atoms with Gasteiger partial charge in [-0.1, -0.05) is 13.8 Å². The maximum Gasteiger partial charge on any atom is 0.185 e. The predicted molar refractivity (Wildman–Crippen MR) is 69.9 cm³/mol. The summed E-state index contributed by atoms with van der Waals surface area (Å²) in [6.45, 7) is 6.33. The van der Waals surface area contributed by atoms with E-state index in [0.717, 1.165) is 5.56 Å². The van der Waals surface area contributed by atoms with Crippen molar-refractivity contribution in [1.82, 2.24) is 4.98 Å². The average Bonchev–Trinajstić information content (AvgIpc) is 2.35. The zero-order valence-corrected chi connectivity index (χ0v) is 11.0. The highest BCUT2D eigenvalue weighted by Gasteiger charge is 2.17. The molecule has 0 aliphatic rings. The van der Waals surface area contributed by atoms with E-state index in [1.807, 2.05) is 20.8 Å². The Hall–Kier alpha value is -1.78. The van der Waals surface area contributed by atoms with E-state index >= 15 is 0 Å². The van der Waals surface area contributed by atoms with Gasteiger partial charge in [0, 0.05) is 18.0 Å². The third kappa shape index (κ3) is 2.37. The molecule has 0 aliphatic carbocycles. The normalized spacial score (nSPS) is 11.3. The van der Waals surface area contributed by atoms with Crippen LogP contribution in [-0.2, 0) is 0 Å². The highest BCUT2D eigenvalue weighted by molar-refractivity contribution is 5.83. The van der Waals surface area contributed by atoms with Gasteiger partial charge in [-0.2, -0.15) is 0 Å². The van der Waals surface area contributed by atoms with E-state index in [1.54, 1.807) is 0 Å². The predicted octanol–water partition coefficient (Wildman–Crippen LogP) is 4.21. The van der Waals surface area contributed by atoms with Gasteiger partial charge < -0.3 is 5.32 Å². The maximum atomic E-state index is 13.7. The van der Waals surface area contributed by atoms with Crippen LogP contribution in [0.4, 0.5) is 19.0 Å². The maximum absolute atomic E-state index is 13.7. The molecule has 0 saturated heterocycles. The quantitative estimate of drug-likeness (QED) is 0.843. The van der Waals surface area contributed by atoms with Crippen molar-refractivity contribution in [3.8, 4) is 0 Å². The van der Waals surface area contributed by atoms with Crippen molar-refractivity contribution in [2.24, 2.45) is 0 Å². The second-order valence-electron chi connectivity index (χ2n) is 4.66. The SMILES string of the molecule is CCNc1nc2c(F)c(F)cc(F)c2cc1C(C)C. The minimum absolute atomic E-state index is 0.00394. The van der Waals surface area contributed by atoms with Gasteiger partial charge in [0.2, 0.25) is 0 Å². The van der Waals surface area contributed by atoms with Crippen LogP contribution in [0.1, 0.15) is 32.3 Å². The molecule has 0 saturated carbocycles. The summed E-state index contributed by atoms with van der Waals surface area (Å²) in [7, 11) is 0. The Morgan fingerprint density at radius 2 is 1.84 bits per heavy atom. The average molecular weight is 268 g/mol. The largest absolute Gasteiger partial charge is 0.370 e. The van der Waals surface area contributed by atoms with E-state index in [9.17, 15) is 13.2 Å². The lowest BCUT2D eigenvalue weighted by molar-refractivity contribution is 0.504. The Balaban J connectivity index is 2.81. The summed E-state index contributed by atoms with van der Waals surface area (Å²) in [6, 6.07) is 2.08. The lowest BCUT2D eigenvalue weighted by Gasteiger charge is -2.14. The van der Waals surface area contributed by atoms with Crippen molar-refractivity contribution in [2.45, 2.75) is 26.7 Å². The van der Waals surface area contributed by atoms with E-state index in [-0.39, 0.29) is 16.8 Å². The Kier molecular flexibility index (Phi) is 3.64. The van der Waals surface area contributed by atoms with Crippen LogP contribution in [-0.4, -0.2) is 11.5 Å². The van der Waals surface area contributed by atoms with Crippen LogP contribution < -0.4 is 5.32 Å². The Morgan fingerprint density at radius 1 is 1.16 bits per heavy atom. The number of rotatable bonds is 3. The topological polar surface area (TPSA) is 24.9 Å². The third-order valence-corrected chi connectivity index (χ3v) is 2.95. The molecule has 102 valence electrons. The van der Waals surface area contributed by atoms with Crippen LogP contribution in [0.15, 0.2) is 12.1 Å². The van der Waals surface area contributed by atoms with Crippen molar-refractivity contribution in [3.05, 3.63) is 35.1 Å². The first-order valence-electron chi connectivity index (χ1n) is 6.17. The molecule has 0 amide bonds. The molecule has 2 nitrogen and oxygen atoms in total. The molecule has 1 heterocycles. The first-order valence-corrected chi connectivity index (χ1v) is 6.17. The van der Waals surface area contributed by atoms with Crippen molar-refractivity contribution in [1.29, 1.82) is 0 Å². The van der Waals surface area contributed by atoms with E-state index in [1.165, 1.54) is 6.07 Å². The van der Waals surface area contributed by atoms with Gasteiger partial charge in [-0.15, -0.1) is 0 Å². The molecule has 1 aromatic carbocycles. The van der Waals surface area contributed by atoms with Crippen molar-refractivity contribution in [3.63, 3.8) is 0 Å². The first-order chi connectivity index (χ1) is 8.95. The van der Waals surface area contributed by atoms with Crippen LogP contribution in [0.25, 0.3) is 10.9 Å². The molecule has 0 radical (unpaired) electrons. The monoisotopic (exact) mass is 268 g/mol. The lowest BCUT2D eigenvalue weighted by Crippen LogP contribution is -2.06. The van der Waals surface area contributed by atoms with Crippen LogP contribution >= 0.6 is 0 Å². The second kappa shape index (κ2) is 5.07. The minimum atomic E-state index is -1.22. The standard InChI is InChI=1S/C14H15F3N2/c1-4-18-14-8(7(2)3)5-9-10(15)6-11(16)12(17)13(9)19-14/h5-7H,4H2,1-3H3,(H,18,19). The summed E-state index contributed by atoms with van der Waals surface area (Å²) in [5, 5.41) is 3.00. The Bertz CT molecular complexity index is 624. The molecule has 0 atom stereocenters. The van der Waals surface area contributed by atoms with E-state index in [0.29, 0.717) is 18.4 Å². The number of aromatic nitrogens is 1. The second-order valence-corrected chi connectivity index (χ2v) is 4.66. The fraction of sp³-hybridized carbons (Fsp3) is 0.357. The molecule has 2 aromatic rings. The molecule has 0 fully saturated rings. The molecule has 5 heteroatoms. The molecular formula is C14H15F3N2. The number of anilines is 1. The smallest absolute Gasteiger partial charge is 0.185 e. The Labute approximate surface area is 109 Å². The molecule has 19 heavy (non-hydrogen) atoms. The van der Waals surface area contributed by atoms with Gasteiger partial charge in [0.1, 0.15) is 17.2 Å². The van der Waals surface area contributed by atoms with Crippen LogP contribution in [0.2, 0.25) is 0 Å². The summed E-state index contributed by atoms with van der Waals surface area (Å²) >= 11 is 0. The highest BCUT2D eigenvalue weighted by Crippen LogP contribution is 2.30. The van der Waals surface area contributed by atoms with Gasteiger partial charge in [-0.3, -0.25) is 0 Å². The number of halogens is 3. The lowest BCUT2D eigenvalue weighted by atomic mass is 10.0. The van der Waals surface area contributed by atoms with Crippen molar-refractivity contribution < 1.29 is 13.2 Å². The number of nitrogens with one attached hydrogen (secondary N) is 1. The zero-order chi connectivity index (χ0) is 14.2. The minimum Gasteiger partial charge on any atom is -0.370 e. The van der Waals surface area contributed by atoms with Gasteiger partial charge in [0.25, 0.3) is 0 Å². The van der Waals surface area contributed by atoms with E-state index in [4.69, 9.17) is 0 Å². The first kappa shape index (κ1) is 13.6. The van der Waals surface area contributed by atoms with Gasteiger partial charge >= 0.3 is 0 Å². The summed E-state index contributed by atoms with van der Waals surface area (Å²) in [5.41, 5.74) is 0.497. The molecule has 1 aromatic heterocycles. The molecule has 1 N–H and O–H groups in total. The fourth-order valence-electron chi connectivity index (χ4n) is 1.99. The van der Waals surface area contributed by atoms with E-state index in [2.05, 4.69) is 10.3 Å². The molecule has 0 spiro atoms. The molecule has 0 aliphatic heterocycles. The number of benzene rings is 1. The molecule has 0 bridgehead atoms. The Morgan fingerprint density at radius 3 is 2.42 bits per heavy atom. The van der Waals surface area contributed by atoms with Gasteiger partial charge in [0.15, 0.2) is 11.6 Å².